The highest BCUT2D eigenvalue weighted by molar-refractivity contribution is 7.84. The van der Waals surface area contributed by atoms with E-state index in [9.17, 15) is 37.8 Å². The second kappa shape index (κ2) is 20.4. The van der Waals surface area contributed by atoms with Crippen molar-refractivity contribution < 1.29 is 37.8 Å². The van der Waals surface area contributed by atoms with Gasteiger partial charge in [-0.05, 0) is 70.1 Å². The first-order valence-corrected chi connectivity index (χ1v) is 20.6. The van der Waals surface area contributed by atoms with Crippen molar-refractivity contribution in [2.24, 2.45) is 28.3 Å². The van der Waals surface area contributed by atoms with Crippen molar-refractivity contribution in [3.63, 3.8) is 0 Å². The zero-order chi connectivity index (χ0) is 40.3. The number of fused-ring (bicyclic) bond motifs is 2. The molecule has 7 amide bonds. The van der Waals surface area contributed by atoms with Crippen LogP contribution in [-0.2, 0) is 44.4 Å². The van der Waals surface area contributed by atoms with Gasteiger partial charge in [-0.2, -0.15) is 0 Å². The lowest BCUT2D eigenvalue weighted by molar-refractivity contribution is -0.148. The molecule has 0 spiro atoms. The number of hydrogen-bond donors (Lipinski definition) is 7. The van der Waals surface area contributed by atoms with Crippen molar-refractivity contribution in [1.82, 2.24) is 36.4 Å². The van der Waals surface area contributed by atoms with E-state index in [1.165, 1.54) is 23.0 Å². The third-order valence-corrected chi connectivity index (χ3v) is 10.7. The van der Waals surface area contributed by atoms with Crippen molar-refractivity contribution in [1.29, 1.82) is 0 Å². The standard InChI is InChI=1S/C35H60N10O8S/c1-19(2)18-24-30(48)41-23(10-7-14-38-35(36)37)33(51)45-16-9-12-26(45)34(52)44-15-8-11-25(44)31(49)39-21(5)28(46)43-27(20(3)4)32(50)40-22(29(47)42-24)13-17-54(6)53/h19-27H,7-18H2,1-6H3,(H,39,49)(H,40,50)(H,41,48)(H,42,47)(H,43,46)(H4,36,37,38). The van der Waals surface area contributed by atoms with Gasteiger partial charge in [0.15, 0.2) is 5.96 Å². The summed E-state index contributed by atoms with van der Waals surface area (Å²) in [5, 5.41) is 13.6. The molecule has 3 aliphatic heterocycles. The molecule has 0 saturated carbocycles. The minimum Gasteiger partial charge on any atom is -0.370 e. The molecule has 0 radical (unpaired) electrons. The van der Waals surface area contributed by atoms with Gasteiger partial charge in [-0.15, -0.1) is 0 Å². The molecular weight excluding hydrogens is 721 g/mol. The summed E-state index contributed by atoms with van der Waals surface area (Å²) in [6.45, 7) is 9.31. The van der Waals surface area contributed by atoms with E-state index in [4.69, 9.17) is 11.5 Å². The average Bonchev–Trinajstić information content (AvgIpc) is 3.79. The van der Waals surface area contributed by atoms with E-state index >= 15 is 0 Å². The van der Waals surface area contributed by atoms with E-state index in [2.05, 4.69) is 31.6 Å². The Labute approximate surface area is 319 Å². The van der Waals surface area contributed by atoms with Gasteiger partial charge in [0, 0.05) is 42.4 Å². The Morgan fingerprint density at radius 3 is 1.91 bits per heavy atom. The fraction of sp³-hybridized carbons (Fsp3) is 0.771. The smallest absolute Gasteiger partial charge is 0.246 e. The topological polar surface area (TPSA) is 268 Å². The highest BCUT2D eigenvalue weighted by Crippen LogP contribution is 2.26. The average molecular weight is 781 g/mol. The first-order valence-electron chi connectivity index (χ1n) is 18.9. The van der Waals surface area contributed by atoms with Crippen LogP contribution in [0.2, 0.25) is 0 Å². The molecule has 0 aromatic carbocycles. The molecule has 0 aliphatic carbocycles. The van der Waals surface area contributed by atoms with E-state index in [-0.39, 0.29) is 56.5 Å². The van der Waals surface area contributed by atoms with Gasteiger partial charge in [-0.3, -0.25) is 42.8 Å². The number of carbonyl (C=O) groups is 7. The maximum Gasteiger partial charge on any atom is 0.246 e. The fourth-order valence-electron chi connectivity index (χ4n) is 6.99. The Bertz CT molecular complexity index is 1450. The van der Waals surface area contributed by atoms with Crippen LogP contribution in [0.5, 0.6) is 0 Å². The zero-order valence-electron chi connectivity index (χ0n) is 32.4. The maximum atomic E-state index is 14.3. The lowest BCUT2D eigenvalue weighted by Crippen LogP contribution is -2.60. The van der Waals surface area contributed by atoms with Crippen LogP contribution in [-0.4, -0.2) is 135 Å². The molecule has 19 heteroatoms. The minimum atomic E-state index is -1.33. The molecule has 8 atom stereocenters. The number of nitrogens with one attached hydrogen (secondary N) is 5. The summed E-state index contributed by atoms with van der Waals surface area (Å²) in [6.07, 6.45) is 3.81. The molecule has 18 nitrogen and oxygen atoms in total. The number of rotatable bonds is 10. The molecule has 0 aromatic heterocycles. The summed E-state index contributed by atoms with van der Waals surface area (Å²) >= 11 is 0. The molecule has 0 aromatic rings. The first-order chi connectivity index (χ1) is 25.4. The molecular formula is C35H60N10O8S. The summed E-state index contributed by atoms with van der Waals surface area (Å²) in [6, 6.07) is -7.43. The third-order valence-electron chi connectivity index (χ3n) is 9.89. The molecule has 54 heavy (non-hydrogen) atoms. The summed E-state index contributed by atoms with van der Waals surface area (Å²) in [5.41, 5.74) is 11.0. The number of aliphatic imine (C=N–C) groups is 1. The molecule has 8 unspecified atom stereocenters. The van der Waals surface area contributed by atoms with E-state index in [0.29, 0.717) is 32.1 Å². The molecule has 3 aliphatic rings. The molecule has 3 saturated heterocycles. The van der Waals surface area contributed by atoms with Gasteiger partial charge in [0.25, 0.3) is 0 Å². The van der Waals surface area contributed by atoms with Gasteiger partial charge in [-0.25, -0.2) is 0 Å². The number of amides is 7. The summed E-state index contributed by atoms with van der Waals surface area (Å²) < 4.78 is 12.1. The van der Waals surface area contributed by atoms with Crippen molar-refractivity contribution in [3.05, 3.63) is 0 Å². The Morgan fingerprint density at radius 2 is 1.31 bits per heavy atom. The lowest BCUT2D eigenvalue weighted by Gasteiger charge is -2.33. The van der Waals surface area contributed by atoms with Crippen molar-refractivity contribution in [2.45, 2.75) is 128 Å². The Hall–Kier alpha value is -4.29. The Balaban J connectivity index is 2.07. The normalized spacial score (nSPS) is 28.7. The van der Waals surface area contributed by atoms with E-state index in [1.807, 2.05) is 13.8 Å². The van der Waals surface area contributed by atoms with Crippen LogP contribution in [0.4, 0.5) is 0 Å². The van der Waals surface area contributed by atoms with E-state index in [1.54, 1.807) is 13.8 Å². The number of nitrogens with zero attached hydrogens (tertiary/aromatic N) is 3. The zero-order valence-corrected chi connectivity index (χ0v) is 33.2. The van der Waals surface area contributed by atoms with Gasteiger partial charge < -0.3 is 47.9 Å². The summed E-state index contributed by atoms with van der Waals surface area (Å²) in [7, 11) is -1.33. The van der Waals surface area contributed by atoms with Crippen LogP contribution in [0.3, 0.4) is 0 Å². The number of carbonyl (C=O) groups excluding carboxylic acids is 7. The maximum absolute atomic E-state index is 14.3. The van der Waals surface area contributed by atoms with Crippen LogP contribution >= 0.6 is 0 Å². The van der Waals surface area contributed by atoms with Crippen LogP contribution in [0.1, 0.15) is 86.0 Å². The van der Waals surface area contributed by atoms with Crippen LogP contribution in [0.25, 0.3) is 0 Å². The molecule has 0 bridgehead atoms. The van der Waals surface area contributed by atoms with Crippen molar-refractivity contribution in [3.8, 4) is 0 Å². The number of nitrogens with two attached hydrogens (primary N) is 2. The minimum absolute atomic E-state index is 0.0317. The number of hydrogen-bond acceptors (Lipinski definition) is 9. The quantitative estimate of drug-likeness (QED) is 0.0725. The molecule has 3 heterocycles. The van der Waals surface area contributed by atoms with Crippen molar-refractivity contribution in [2.75, 3.05) is 31.6 Å². The molecule has 3 rings (SSSR count). The highest BCUT2D eigenvalue weighted by atomic mass is 32.2. The van der Waals surface area contributed by atoms with E-state index in [0.717, 1.165) is 0 Å². The van der Waals surface area contributed by atoms with Gasteiger partial charge in [0.1, 0.15) is 42.3 Å². The SMILES string of the molecule is CC(C)CC1NC(=O)C(CCS(C)=O)NC(=O)C(C(C)C)NC(=O)C(C)NC(=O)C2CCCN2C(=O)C2CCCN2C(=O)C(CCCN=C(N)N)NC1=O. The molecule has 3 fully saturated rings. The summed E-state index contributed by atoms with van der Waals surface area (Å²) in [5.74, 6) is -4.73. The van der Waals surface area contributed by atoms with Crippen LogP contribution in [0, 0.1) is 11.8 Å². The first kappa shape index (κ1) is 44.1. The van der Waals surface area contributed by atoms with E-state index < -0.39 is 100 Å². The molecule has 304 valence electrons. The Morgan fingerprint density at radius 1 is 0.741 bits per heavy atom. The lowest BCUT2D eigenvalue weighted by atomic mass is 10.0. The monoisotopic (exact) mass is 780 g/mol. The largest absolute Gasteiger partial charge is 0.370 e. The summed E-state index contributed by atoms with van der Waals surface area (Å²) in [4.78, 5) is 104. The van der Waals surface area contributed by atoms with Gasteiger partial charge in [0.2, 0.25) is 41.4 Å². The highest BCUT2D eigenvalue weighted by Gasteiger charge is 2.44. The third kappa shape index (κ3) is 12.4. The number of guanidine groups is 1. The van der Waals surface area contributed by atoms with Gasteiger partial charge >= 0.3 is 0 Å². The fourth-order valence-corrected chi connectivity index (χ4v) is 7.56. The predicted molar refractivity (Wildman–Crippen MR) is 203 cm³/mol. The van der Waals surface area contributed by atoms with Crippen LogP contribution in [0.15, 0.2) is 4.99 Å². The predicted octanol–water partition coefficient (Wildman–Crippen LogP) is -2.05. The second-order valence-electron chi connectivity index (χ2n) is 15.2. The van der Waals surface area contributed by atoms with Gasteiger partial charge in [-0.1, -0.05) is 27.7 Å². The van der Waals surface area contributed by atoms with Crippen molar-refractivity contribution >= 4 is 58.1 Å². The Kier molecular flexibility index (Phi) is 16.7. The van der Waals surface area contributed by atoms with Crippen LogP contribution < -0.4 is 38.1 Å². The van der Waals surface area contributed by atoms with Gasteiger partial charge in [0.05, 0.1) is 0 Å². The second-order valence-corrected chi connectivity index (χ2v) is 16.7. The molecule has 9 N–H and O–H groups in total.